The number of nitrogens with one attached hydrogen (secondary N) is 1. The Balaban J connectivity index is 1.85. The molecule has 112 valence electrons. The molecule has 1 N–H and O–H groups in total. The highest BCUT2D eigenvalue weighted by Crippen LogP contribution is 2.40. The van der Waals surface area contributed by atoms with Gasteiger partial charge < -0.3 is 5.32 Å². The number of tetrazole rings is 1. The summed E-state index contributed by atoms with van der Waals surface area (Å²) < 4.78 is 1.83. The topological polar surface area (TPSA) is 68.5 Å². The van der Waals surface area contributed by atoms with Crippen molar-refractivity contribution in [3.8, 4) is 0 Å². The van der Waals surface area contributed by atoms with Crippen LogP contribution >= 0.6 is 35.0 Å². The molecule has 0 unspecified atom stereocenters. The molecule has 2 heterocycles. The molecule has 0 saturated heterocycles. The zero-order chi connectivity index (χ0) is 14.8. The average Bonchev–Trinajstić information content (AvgIpc) is 3.20. The van der Waals surface area contributed by atoms with E-state index >= 15 is 0 Å². The van der Waals surface area contributed by atoms with Crippen molar-refractivity contribution in [1.29, 1.82) is 0 Å². The third kappa shape index (κ3) is 3.41. The summed E-state index contributed by atoms with van der Waals surface area (Å²) in [5.74, 6) is 0.635. The quantitative estimate of drug-likeness (QED) is 0.861. The van der Waals surface area contributed by atoms with E-state index in [1.807, 2.05) is 4.68 Å². The second kappa shape index (κ2) is 6.37. The molecule has 0 aromatic carbocycles. The molecule has 2 aromatic rings. The number of rotatable bonds is 6. The number of aromatic nitrogens is 5. The summed E-state index contributed by atoms with van der Waals surface area (Å²) in [5.41, 5.74) is 0. The second-order valence-electron chi connectivity index (χ2n) is 4.77. The lowest BCUT2D eigenvalue weighted by molar-refractivity contribution is 0.565. The molecular weight excluding hydrogens is 331 g/mol. The number of anilines is 1. The summed E-state index contributed by atoms with van der Waals surface area (Å²) >= 11 is 13.7. The smallest absolute Gasteiger partial charge is 0.215 e. The number of nitrogens with zero attached hydrogens (tertiary/aromatic N) is 5. The van der Waals surface area contributed by atoms with Gasteiger partial charge in [-0.15, -0.1) is 5.10 Å². The molecular formula is C12H14Cl2N6S. The van der Waals surface area contributed by atoms with E-state index < -0.39 is 0 Å². The first-order chi connectivity index (χ1) is 10.2. The molecule has 0 amide bonds. The SMILES string of the molecule is CCCNc1nc(Sc2nnnn2C2CC2)c(Cl)cc1Cl. The number of pyridine rings is 1. The van der Waals surface area contributed by atoms with Gasteiger partial charge in [-0.05, 0) is 47.5 Å². The Morgan fingerprint density at radius 1 is 1.38 bits per heavy atom. The van der Waals surface area contributed by atoms with Crippen molar-refractivity contribution in [2.24, 2.45) is 0 Å². The van der Waals surface area contributed by atoms with E-state index in [0.717, 1.165) is 25.8 Å². The zero-order valence-corrected chi connectivity index (χ0v) is 13.7. The Labute approximate surface area is 136 Å². The average molecular weight is 345 g/mol. The van der Waals surface area contributed by atoms with Gasteiger partial charge in [0.05, 0.1) is 16.1 Å². The molecule has 0 spiro atoms. The normalized spacial score (nSPS) is 14.4. The van der Waals surface area contributed by atoms with Crippen molar-refractivity contribution in [1.82, 2.24) is 25.2 Å². The van der Waals surface area contributed by atoms with Crippen LogP contribution in [-0.2, 0) is 0 Å². The van der Waals surface area contributed by atoms with Gasteiger partial charge in [-0.1, -0.05) is 30.1 Å². The molecule has 21 heavy (non-hydrogen) atoms. The maximum absolute atomic E-state index is 6.23. The predicted molar refractivity (Wildman–Crippen MR) is 83.2 cm³/mol. The summed E-state index contributed by atoms with van der Waals surface area (Å²) in [6.45, 7) is 2.88. The molecule has 1 saturated carbocycles. The van der Waals surface area contributed by atoms with Gasteiger partial charge in [0.1, 0.15) is 10.8 Å². The van der Waals surface area contributed by atoms with Gasteiger partial charge in [0, 0.05) is 6.54 Å². The fourth-order valence-corrected chi connectivity index (χ4v) is 3.14. The molecule has 1 aliphatic rings. The van der Waals surface area contributed by atoms with Crippen molar-refractivity contribution in [2.45, 2.75) is 42.4 Å². The number of halogens is 2. The molecule has 2 aromatic heterocycles. The van der Waals surface area contributed by atoms with E-state index in [1.54, 1.807) is 6.07 Å². The van der Waals surface area contributed by atoms with Gasteiger partial charge in [-0.25, -0.2) is 9.67 Å². The Morgan fingerprint density at radius 3 is 2.90 bits per heavy atom. The van der Waals surface area contributed by atoms with Crippen LogP contribution < -0.4 is 5.32 Å². The molecule has 0 radical (unpaired) electrons. The van der Waals surface area contributed by atoms with Crippen molar-refractivity contribution in [3.63, 3.8) is 0 Å². The molecule has 1 aliphatic carbocycles. The van der Waals surface area contributed by atoms with Crippen molar-refractivity contribution >= 4 is 40.8 Å². The van der Waals surface area contributed by atoms with Crippen molar-refractivity contribution < 1.29 is 0 Å². The highest BCUT2D eigenvalue weighted by atomic mass is 35.5. The maximum atomic E-state index is 6.23. The summed E-state index contributed by atoms with van der Waals surface area (Å²) in [6, 6.07) is 2.10. The Hall–Kier alpha value is -1.05. The first kappa shape index (κ1) is 14.9. The van der Waals surface area contributed by atoms with Crippen molar-refractivity contribution in [2.75, 3.05) is 11.9 Å². The minimum atomic E-state index is 0.409. The van der Waals surface area contributed by atoms with Crippen LogP contribution in [0.15, 0.2) is 16.2 Å². The van der Waals surface area contributed by atoms with E-state index in [9.17, 15) is 0 Å². The van der Waals surface area contributed by atoms with Gasteiger partial charge in [-0.2, -0.15) is 0 Å². The monoisotopic (exact) mass is 344 g/mol. The van der Waals surface area contributed by atoms with Crippen LogP contribution in [-0.4, -0.2) is 31.7 Å². The summed E-state index contributed by atoms with van der Waals surface area (Å²) in [6.07, 6.45) is 3.22. The first-order valence-corrected chi connectivity index (χ1v) is 8.32. The van der Waals surface area contributed by atoms with Crippen LogP contribution in [0.4, 0.5) is 5.82 Å². The summed E-state index contributed by atoms with van der Waals surface area (Å²) in [5, 5.41) is 17.3. The van der Waals surface area contributed by atoms with E-state index in [0.29, 0.717) is 32.1 Å². The van der Waals surface area contributed by atoms with Crippen LogP contribution in [0.25, 0.3) is 0 Å². The highest BCUT2D eigenvalue weighted by Gasteiger charge is 2.28. The zero-order valence-electron chi connectivity index (χ0n) is 11.4. The van der Waals surface area contributed by atoms with Gasteiger partial charge in [-0.3, -0.25) is 0 Å². The Kier molecular flexibility index (Phi) is 4.51. The van der Waals surface area contributed by atoms with Crippen LogP contribution in [0.1, 0.15) is 32.2 Å². The van der Waals surface area contributed by atoms with Gasteiger partial charge in [0.15, 0.2) is 0 Å². The number of hydrogen-bond donors (Lipinski definition) is 1. The van der Waals surface area contributed by atoms with E-state index in [4.69, 9.17) is 23.2 Å². The van der Waals surface area contributed by atoms with Crippen LogP contribution in [0, 0.1) is 0 Å². The molecule has 9 heteroatoms. The molecule has 6 nitrogen and oxygen atoms in total. The highest BCUT2D eigenvalue weighted by molar-refractivity contribution is 7.99. The molecule has 0 atom stereocenters. The van der Waals surface area contributed by atoms with E-state index in [-0.39, 0.29) is 0 Å². The maximum Gasteiger partial charge on any atom is 0.215 e. The van der Waals surface area contributed by atoms with Gasteiger partial charge in [0.25, 0.3) is 0 Å². The first-order valence-electron chi connectivity index (χ1n) is 6.74. The third-order valence-corrected chi connectivity index (χ3v) is 4.63. The summed E-state index contributed by atoms with van der Waals surface area (Å²) in [7, 11) is 0. The molecule has 0 aliphatic heterocycles. The van der Waals surface area contributed by atoms with Crippen LogP contribution in [0.3, 0.4) is 0 Å². The lowest BCUT2D eigenvalue weighted by Crippen LogP contribution is -2.04. The standard InChI is InChI=1S/C12H14Cl2N6S/c1-2-5-15-10-8(13)6-9(14)11(16-10)21-12-17-18-19-20(12)7-3-4-7/h6-7H,2-5H2,1H3,(H,15,16). The number of hydrogen-bond acceptors (Lipinski definition) is 6. The Bertz CT molecular complexity index is 643. The minimum Gasteiger partial charge on any atom is -0.369 e. The Morgan fingerprint density at radius 2 is 2.19 bits per heavy atom. The van der Waals surface area contributed by atoms with Crippen LogP contribution in [0.2, 0.25) is 10.0 Å². The van der Waals surface area contributed by atoms with Gasteiger partial charge >= 0.3 is 0 Å². The van der Waals surface area contributed by atoms with Crippen LogP contribution in [0.5, 0.6) is 0 Å². The predicted octanol–water partition coefficient (Wildman–Crippen LogP) is 3.68. The fraction of sp³-hybridized carbons (Fsp3) is 0.500. The van der Waals surface area contributed by atoms with Crippen molar-refractivity contribution in [3.05, 3.63) is 16.1 Å². The molecule has 0 bridgehead atoms. The lowest BCUT2D eigenvalue weighted by atomic mass is 10.4. The largest absolute Gasteiger partial charge is 0.369 e. The third-order valence-electron chi connectivity index (χ3n) is 2.98. The minimum absolute atomic E-state index is 0.409. The lowest BCUT2D eigenvalue weighted by Gasteiger charge is -2.10. The second-order valence-corrected chi connectivity index (χ2v) is 6.54. The molecule has 3 rings (SSSR count). The summed E-state index contributed by atoms with van der Waals surface area (Å²) in [4.78, 5) is 4.48. The molecule has 1 fully saturated rings. The fourth-order valence-electron chi connectivity index (χ4n) is 1.78. The van der Waals surface area contributed by atoms with E-state index in [2.05, 4.69) is 32.7 Å². The van der Waals surface area contributed by atoms with E-state index in [1.165, 1.54) is 11.8 Å². The van der Waals surface area contributed by atoms with Gasteiger partial charge in [0.2, 0.25) is 5.16 Å².